The maximum absolute atomic E-state index is 13.2. The minimum absolute atomic E-state index is 0.128. The van der Waals surface area contributed by atoms with E-state index in [9.17, 15) is 9.59 Å². The average Bonchev–Trinajstić information content (AvgIpc) is 3.53. The van der Waals surface area contributed by atoms with Gasteiger partial charge in [0.2, 0.25) is 0 Å². The van der Waals surface area contributed by atoms with Gasteiger partial charge in [0.05, 0.1) is 11.3 Å². The number of benzene rings is 2. The topological polar surface area (TPSA) is 88.9 Å². The Bertz CT molecular complexity index is 1260. The summed E-state index contributed by atoms with van der Waals surface area (Å²) in [5, 5.41) is 10.5. The lowest BCUT2D eigenvalue weighted by Crippen LogP contribution is -2.25. The van der Waals surface area contributed by atoms with E-state index in [-0.39, 0.29) is 17.9 Å². The van der Waals surface area contributed by atoms with E-state index < -0.39 is 0 Å². The van der Waals surface area contributed by atoms with E-state index in [0.29, 0.717) is 22.5 Å². The van der Waals surface area contributed by atoms with Gasteiger partial charge >= 0.3 is 0 Å². The Morgan fingerprint density at radius 1 is 0.938 bits per heavy atom. The number of nitrogens with zero attached hydrogens (tertiary/aromatic N) is 3. The number of nitrogens with one attached hydrogen (secondary N) is 2. The second kappa shape index (κ2) is 8.47. The van der Waals surface area contributed by atoms with Crippen LogP contribution in [0.4, 0.5) is 5.69 Å². The van der Waals surface area contributed by atoms with Crippen LogP contribution in [0.3, 0.4) is 0 Å². The van der Waals surface area contributed by atoms with Gasteiger partial charge in [-0.05, 0) is 55.3 Å². The molecule has 2 aromatic heterocycles. The molecule has 2 N–H and O–H groups in total. The molecular weight excluding hydrogens is 402 g/mol. The third-order valence-electron chi connectivity index (χ3n) is 5.21. The molecule has 1 aliphatic carbocycles. The minimum Gasteiger partial charge on any atom is -0.349 e. The second-order valence-electron chi connectivity index (χ2n) is 7.70. The van der Waals surface area contributed by atoms with Crippen LogP contribution in [0.5, 0.6) is 0 Å². The van der Waals surface area contributed by atoms with Crippen molar-refractivity contribution >= 4 is 17.5 Å². The van der Waals surface area contributed by atoms with Gasteiger partial charge in [0.1, 0.15) is 5.69 Å². The highest BCUT2D eigenvalue weighted by molar-refractivity contribution is 6.08. The van der Waals surface area contributed by atoms with Crippen LogP contribution in [-0.4, -0.2) is 32.6 Å². The van der Waals surface area contributed by atoms with Gasteiger partial charge < -0.3 is 10.6 Å². The standard InChI is InChI=1S/C25H21N5O2/c31-24(27-19-11-12-19)17-6-4-8-20(14-17)28-25(32)22-16-30(21-9-2-1-3-10-21)29-23(22)18-7-5-13-26-15-18/h1-10,13-16,19H,11-12H2,(H,27,31)(H,28,32). The first kappa shape index (κ1) is 19.7. The lowest BCUT2D eigenvalue weighted by Gasteiger charge is -2.08. The smallest absolute Gasteiger partial charge is 0.259 e. The number of hydrogen-bond donors (Lipinski definition) is 2. The van der Waals surface area contributed by atoms with Crippen LogP contribution < -0.4 is 10.6 Å². The number of para-hydroxylation sites is 1. The molecule has 0 unspecified atom stereocenters. The van der Waals surface area contributed by atoms with E-state index in [2.05, 4.69) is 20.7 Å². The highest BCUT2D eigenvalue weighted by Crippen LogP contribution is 2.25. The number of carbonyl (C=O) groups excluding carboxylic acids is 2. The zero-order chi connectivity index (χ0) is 21.9. The molecule has 7 heteroatoms. The first-order valence-corrected chi connectivity index (χ1v) is 10.4. The van der Waals surface area contributed by atoms with Crippen LogP contribution in [0.1, 0.15) is 33.6 Å². The molecule has 2 heterocycles. The van der Waals surface area contributed by atoms with Crippen molar-refractivity contribution in [2.45, 2.75) is 18.9 Å². The van der Waals surface area contributed by atoms with Gasteiger partial charge in [-0.15, -0.1) is 0 Å². The molecule has 2 amide bonds. The molecule has 158 valence electrons. The van der Waals surface area contributed by atoms with Crippen molar-refractivity contribution in [3.8, 4) is 16.9 Å². The fourth-order valence-electron chi connectivity index (χ4n) is 3.40. The molecule has 32 heavy (non-hydrogen) atoms. The largest absolute Gasteiger partial charge is 0.349 e. The van der Waals surface area contributed by atoms with E-state index in [1.165, 1.54) is 0 Å². The number of aromatic nitrogens is 3. The summed E-state index contributed by atoms with van der Waals surface area (Å²) in [6.45, 7) is 0. The maximum atomic E-state index is 13.2. The monoisotopic (exact) mass is 423 g/mol. The highest BCUT2D eigenvalue weighted by Gasteiger charge is 2.24. The Labute approximate surface area is 185 Å². The quantitative estimate of drug-likeness (QED) is 0.489. The molecule has 0 atom stereocenters. The van der Waals surface area contributed by atoms with Crippen LogP contribution in [-0.2, 0) is 0 Å². The third kappa shape index (κ3) is 4.27. The number of rotatable bonds is 6. The Morgan fingerprint density at radius 3 is 2.53 bits per heavy atom. The molecule has 0 bridgehead atoms. The van der Waals surface area contributed by atoms with Crippen molar-refractivity contribution in [3.05, 3.63) is 96.4 Å². The SMILES string of the molecule is O=C(NC1CC1)c1cccc(NC(=O)c2cn(-c3ccccc3)nc2-c2cccnc2)c1. The first-order valence-electron chi connectivity index (χ1n) is 10.4. The van der Waals surface area contributed by atoms with Crippen molar-refractivity contribution in [3.63, 3.8) is 0 Å². The molecule has 5 rings (SSSR count). The predicted molar refractivity (Wildman–Crippen MR) is 122 cm³/mol. The lowest BCUT2D eigenvalue weighted by molar-refractivity contribution is 0.0949. The van der Waals surface area contributed by atoms with Crippen LogP contribution in [0, 0.1) is 0 Å². The molecule has 1 aliphatic rings. The third-order valence-corrected chi connectivity index (χ3v) is 5.21. The minimum atomic E-state index is -0.314. The molecule has 1 fully saturated rings. The second-order valence-corrected chi connectivity index (χ2v) is 7.70. The van der Waals surface area contributed by atoms with Crippen molar-refractivity contribution in [1.82, 2.24) is 20.1 Å². The van der Waals surface area contributed by atoms with E-state index in [4.69, 9.17) is 0 Å². The van der Waals surface area contributed by atoms with Gasteiger partial charge in [0, 0.05) is 41.4 Å². The van der Waals surface area contributed by atoms with E-state index in [1.807, 2.05) is 36.4 Å². The highest BCUT2D eigenvalue weighted by atomic mass is 16.2. The number of pyridine rings is 1. The van der Waals surface area contributed by atoms with Crippen molar-refractivity contribution in [1.29, 1.82) is 0 Å². The average molecular weight is 423 g/mol. The summed E-state index contributed by atoms with van der Waals surface area (Å²) in [6.07, 6.45) is 7.10. The number of carbonyl (C=O) groups is 2. The molecular formula is C25H21N5O2. The van der Waals surface area contributed by atoms with Crippen molar-refractivity contribution < 1.29 is 9.59 Å². The molecule has 0 saturated heterocycles. The van der Waals surface area contributed by atoms with Crippen LogP contribution in [0.25, 0.3) is 16.9 Å². The summed E-state index contributed by atoms with van der Waals surface area (Å²) < 4.78 is 1.68. The zero-order valence-corrected chi connectivity index (χ0v) is 17.2. The number of hydrogen-bond acceptors (Lipinski definition) is 4. The maximum Gasteiger partial charge on any atom is 0.259 e. The number of anilines is 1. The fourth-order valence-corrected chi connectivity index (χ4v) is 3.40. The molecule has 0 radical (unpaired) electrons. The first-order chi connectivity index (χ1) is 15.7. The predicted octanol–water partition coefficient (Wildman–Crippen LogP) is 4.08. The zero-order valence-electron chi connectivity index (χ0n) is 17.2. The molecule has 2 aromatic carbocycles. The van der Waals surface area contributed by atoms with Gasteiger partial charge in [-0.2, -0.15) is 5.10 Å². The summed E-state index contributed by atoms with van der Waals surface area (Å²) >= 11 is 0. The molecule has 1 saturated carbocycles. The van der Waals surface area contributed by atoms with Gasteiger partial charge in [-0.25, -0.2) is 4.68 Å². The Balaban J connectivity index is 1.45. The normalized spacial score (nSPS) is 12.9. The molecule has 7 nitrogen and oxygen atoms in total. The molecule has 0 spiro atoms. The summed E-state index contributed by atoms with van der Waals surface area (Å²) in [5.74, 6) is -0.442. The van der Waals surface area contributed by atoms with Crippen molar-refractivity contribution in [2.24, 2.45) is 0 Å². The van der Waals surface area contributed by atoms with Crippen molar-refractivity contribution in [2.75, 3.05) is 5.32 Å². The van der Waals surface area contributed by atoms with Crippen LogP contribution in [0.15, 0.2) is 85.3 Å². The number of amides is 2. The Hall–Kier alpha value is -4.26. The van der Waals surface area contributed by atoms with Gasteiger partial charge in [-0.1, -0.05) is 24.3 Å². The molecule has 4 aromatic rings. The lowest BCUT2D eigenvalue weighted by atomic mass is 10.1. The summed E-state index contributed by atoms with van der Waals surface area (Å²) in [4.78, 5) is 29.8. The summed E-state index contributed by atoms with van der Waals surface area (Å²) in [7, 11) is 0. The van der Waals surface area contributed by atoms with Gasteiger partial charge in [0.25, 0.3) is 11.8 Å². The van der Waals surface area contributed by atoms with E-state index in [1.54, 1.807) is 53.6 Å². The fraction of sp³-hybridized carbons (Fsp3) is 0.120. The van der Waals surface area contributed by atoms with Gasteiger partial charge in [0.15, 0.2) is 0 Å². The summed E-state index contributed by atoms with van der Waals surface area (Å²) in [5.41, 5.74) is 3.59. The van der Waals surface area contributed by atoms with E-state index >= 15 is 0 Å². The van der Waals surface area contributed by atoms with Crippen LogP contribution in [0.2, 0.25) is 0 Å². The Kier molecular flexibility index (Phi) is 5.21. The van der Waals surface area contributed by atoms with Crippen LogP contribution >= 0.6 is 0 Å². The van der Waals surface area contributed by atoms with Gasteiger partial charge in [-0.3, -0.25) is 14.6 Å². The molecule has 0 aliphatic heterocycles. The summed E-state index contributed by atoms with van der Waals surface area (Å²) in [6, 6.07) is 20.5. The van der Waals surface area contributed by atoms with E-state index in [0.717, 1.165) is 24.1 Å². The Morgan fingerprint density at radius 2 is 1.78 bits per heavy atom.